The highest BCUT2D eigenvalue weighted by atomic mass is 16.3. The Labute approximate surface area is 91.5 Å². The quantitative estimate of drug-likeness (QED) is 0.370. The summed E-state index contributed by atoms with van der Waals surface area (Å²) < 4.78 is 0. The Kier molecular flexibility index (Phi) is 10.2. The smallest absolute Gasteiger partial charge is 0.0586 e. The molecular formula is C10H24N2O3. The highest BCUT2D eigenvalue weighted by Gasteiger charge is 2.15. The van der Waals surface area contributed by atoms with Crippen molar-refractivity contribution in [1.82, 2.24) is 4.90 Å². The highest BCUT2D eigenvalue weighted by molar-refractivity contribution is 4.71. The molecule has 0 aliphatic rings. The fourth-order valence-corrected chi connectivity index (χ4v) is 1.62. The van der Waals surface area contributed by atoms with Crippen molar-refractivity contribution in [1.29, 1.82) is 0 Å². The molecule has 0 spiro atoms. The van der Waals surface area contributed by atoms with E-state index in [1.807, 2.05) is 4.90 Å². The van der Waals surface area contributed by atoms with Crippen LogP contribution < -0.4 is 5.73 Å². The fourth-order valence-electron chi connectivity index (χ4n) is 1.62. The lowest BCUT2D eigenvalue weighted by Crippen LogP contribution is -2.41. The molecule has 0 bridgehead atoms. The summed E-state index contributed by atoms with van der Waals surface area (Å²) in [5.41, 5.74) is 5.42. The fraction of sp³-hybridized carbons (Fsp3) is 1.00. The molecule has 0 heterocycles. The lowest BCUT2D eigenvalue weighted by atomic mass is 10.1. The molecule has 0 aromatic carbocycles. The van der Waals surface area contributed by atoms with Crippen molar-refractivity contribution in [3.05, 3.63) is 0 Å². The number of hydrogen-bond donors (Lipinski definition) is 4. The van der Waals surface area contributed by atoms with E-state index in [0.717, 1.165) is 19.4 Å². The third-order valence-electron chi connectivity index (χ3n) is 2.46. The molecule has 15 heavy (non-hydrogen) atoms. The van der Waals surface area contributed by atoms with Gasteiger partial charge in [-0.15, -0.1) is 0 Å². The molecule has 0 aliphatic heterocycles. The first-order chi connectivity index (χ1) is 7.29. The van der Waals surface area contributed by atoms with E-state index < -0.39 is 0 Å². The summed E-state index contributed by atoms with van der Waals surface area (Å²) in [6.07, 6.45) is 2.28. The zero-order valence-electron chi connectivity index (χ0n) is 9.31. The summed E-state index contributed by atoms with van der Waals surface area (Å²) in [6.45, 7) is 2.23. The third-order valence-corrected chi connectivity index (χ3v) is 2.46. The molecule has 0 amide bonds. The minimum atomic E-state index is 0.0239. The van der Waals surface area contributed by atoms with Crippen LogP contribution in [-0.2, 0) is 0 Å². The van der Waals surface area contributed by atoms with Gasteiger partial charge in [-0.3, -0.25) is 4.90 Å². The summed E-state index contributed by atoms with van der Waals surface area (Å²) in [4.78, 5) is 2.03. The third kappa shape index (κ3) is 6.81. The number of aliphatic hydroxyl groups is 3. The van der Waals surface area contributed by atoms with Crippen LogP contribution in [0, 0.1) is 0 Å². The van der Waals surface area contributed by atoms with Crippen LogP contribution in [0.2, 0.25) is 0 Å². The Balaban J connectivity index is 4.00. The number of hydrogen-bond acceptors (Lipinski definition) is 5. The number of rotatable bonds is 10. The van der Waals surface area contributed by atoms with E-state index in [2.05, 4.69) is 0 Å². The monoisotopic (exact) mass is 220 g/mol. The largest absolute Gasteiger partial charge is 0.396 e. The molecule has 5 heteroatoms. The van der Waals surface area contributed by atoms with Gasteiger partial charge in [0.15, 0.2) is 0 Å². The van der Waals surface area contributed by atoms with Crippen LogP contribution in [0.25, 0.3) is 0 Å². The molecule has 0 aromatic rings. The van der Waals surface area contributed by atoms with E-state index in [1.54, 1.807) is 0 Å². The standard InChI is InChI=1S/C10H24N2O3/c11-4-2-5-12(6-8-14)10(9-15)3-1-7-13/h10,13-15H,1-9,11H2. The molecule has 5 N–H and O–H groups in total. The maximum atomic E-state index is 9.21. The first kappa shape index (κ1) is 14.8. The van der Waals surface area contributed by atoms with Crippen molar-refractivity contribution in [3.8, 4) is 0 Å². The van der Waals surface area contributed by atoms with Crippen LogP contribution in [0.1, 0.15) is 19.3 Å². The van der Waals surface area contributed by atoms with Crippen LogP contribution in [-0.4, -0.2) is 65.7 Å². The summed E-state index contributed by atoms with van der Waals surface area (Å²) >= 11 is 0. The van der Waals surface area contributed by atoms with E-state index in [4.69, 9.17) is 15.9 Å². The first-order valence-electron chi connectivity index (χ1n) is 5.56. The van der Waals surface area contributed by atoms with Crippen molar-refractivity contribution in [2.24, 2.45) is 5.73 Å². The van der Waals surface area contributed by atoms with Crippen molar-refractivity contribution in [3.63, 3.8) is 0 Å². The molecule has 1 atom stereocenters. The average Bonchev–Trinajstić information content (AvgIpc) is 2.26. The predicted octanol–water partition coefficient (Wildman–Crippen LogP) is -1.24. The molecule has 5 nitrogen and oxygen atoms in total. The van der Waals surface area contributed by atoms with Crippen LogP contribution in [0.3, 0.4) is 0 Å². The van der Waals surface area contributed by atoms with Crippen LogP contribution >= 0.6 is 0 Å². The zero-order chi connectivity index (χ0) is 11.5. The second kappa shape index (κ2) is 10.3. The van der Waals surface area contributed by atoms with Crippen LogP contribution in [0.4, 0.5) is 0 Å². The minimum Gasteiger partial charge on any atom is -0.396 e. The zero-order valence-corrected chi connectivity index (χ0v) is 9.31. The van der Waals surface area contributed by atoms with Crippen molar-refractivity contribution >= 4 is 0 Å². The highest BCUT2D eigenvalue weighted by Crippen LogP contribution is 2.07. The molecule has 0 fully saturated rings. The van der Waals surface area contributed by atoms with Crippen molar-refractivity contribution in [2.75, 3.05) is 39.5 Å². The van der Waals surface area contributed by atoms with Gasteiger partial charge in [0, 0.05) is 19.2 Å². The maximum Gasteiger partial charge on any atom is 0.0586 e. The van der Waals surface area contributed by atoms with Crippen LogP contribution in [0.5, 0.6) is 0 Å². The second-order valence-corrected chi connectivity index (χ2v) is 3.60. The van der Waals surface area contributed by atoms with E-state index in [-0.39, 0.29) is 25.9 Å². The van der Waals surface area contributed by atoms with Gasteiger partial charge in [0.05, 0.1) is 13.2 Å². The Morgan fingerprint density at radius 1 is 1.00 bits per heavy atom. The van der Waals surface area contributed by atoms with Gasteiger partial charge in [-0.25, -0.2) is 0 Å². The van der Waals surface area contributed by atoms with Crippen molar-refractivity contribution < 1.29 is 15.3 Å². The Bertz CT molecular complexity index is 136. The summed E-state index contributed by atoms with van der Waals surface area (Å²) in [5, 5.41) is 26.8. The van der Waals surface area contributed by atoms with Gasteiger partial charge in [-0.2, -0.15) is 0 Å². The molecule has 0 rings (SSSR count). The first-order valence-corrected chi connectivity index (χ1v) is 5.56. The number of nitrogens with zero attached hydrogens (tertiary/aromatic N) is 1. The van der Waals surface area contributed by atoms with Gasteiger partial charge in [-0.05, 0) is 32.4 Å². The van der Waals surface area contributed by atoms with Gasteiger partial charge in [0.2, 0.25) is 0 Å². The van der Waals surface area contributed by atoms with E-state index >= 15 is 0 Å². The molecule has 0 aromatic heterocycles. The van der Waals surface area contributed by atoms with E-state index in [1.165, 1.54) is 0 Å². The Morgan fingerprint density at radius 3 is 2.20 bits per heavy atom. The SMILES string of the molecule is NCCCN(CCO)C(CO)CCCO. The molecule has 0 radical (unpaired) electrons. The molecule has 1 unspecified atom stereocenters. The van der Waals surface area contributed by atoms with Crippen LogP contribution in [0.15, 0.2) is 0 Å². The number of aliphatic hydroxyl groups excluding tert-OH is 3. The predicted molar refractivity (Wildman–Crippen MR) is 59.5 cm³/mol. The molecule has 0 saturated heterocycles. The minimum absolute atomic E-state index is 0.0239. The second-order valence-electron chi connectivity index (χ2n) is 3.60. The average molecular weight is 220 g/mol. The van der Waals surface area contributed by atoms with Gasteiger partial charge in [-0.1, -0.05) is 0 Å². The Morgan fingerprint density at radius 2 is 1.73 bits per heavy atom. The molecular weight excluding hydrogens is 196 g/mol. The Hall–Kier alpha value is -0.200. The van der Waals surface area contributed by atoms with E-state index in [0.29, 0.717) is 19.5 Å². The van der Waals surface area contributed by atoms with Gasteiger partial charge in [0.25, 0.3) is 0 Å². The van der Waals surface area contributed by atoms with Crippen molar-refractivity contribution in [2.45, 2.75) is 25.3 Å². The van der Waals surface area contributed by atoms with Gasteiger partial charge >= 0.3 is 0 Å². The number of nitrogens with two attached hydrogens (primary N) is 1. The lowest BCUT2D eigenvalue weighted by molar-refractivity contribution is 0.0905. The molecule has 0 aliphatic carbocycles. The van der Waals surface area contributed by atoms with Gasteiger partial charge < -0.3 is 21.1 Å². The summed E-state index contributed by atoms with van der Waals surface area (Å²) in [5.74, 6) is 0. The molecule has 92 valence electrons. The topological polar surface area (TPSA) is 90.0 Å². The molecule has 0 saturated carbocycles. The lowest BCUT2D eigenvalue weighted by Gasteiger charge is -2.29. The summed E-state index contributed by atoms with van der Waals surface area (Å²) in [7, 11) is 0. The normalized spacial score (nSPS) is 13.4. The maximum absolute atomic E-state index is 9.21. The summed E-state index contributed by atoms with van der Waals surface area (Å²) in [6, 6.07) is 0.0239. The van der Waals surface area contributed by atoms with E-state index in [9.17, 15) is 5.11 Å². The van der Waals surface area contributed by atoms with Gasteiger partial charge in [0.1, 0.15) is 0 Å².